The second-order valence-electron chi connectivity index (χ2n) is 4.23. The van der Waals surface area contributed by atoms with E-state index in [-0.39, 0.29) is 17.5 Å². The second-order valence-corrected chi connectivity index (χ2v) is 6.93. The zero-order valence-electron chi connectivity index (χ0n) is 11.8. The molecule has 0 saturated heterocycles. The van der Waals surface area contributed by atoms with Crippen molar-refractivity contribution in [3.63, 3.8) is 0 Å². The first-order chi connectivity index (χ1) is 9.83. The first kappa shape index (κ1) is 15.7. The van der Waals surface area contributed by atoms with Crippen LogP contribution in [-0.4, -0.2) is 25.9 Å². The molecule has 0 unspecified atom stereocenters. The summed E-state index contributed by atoms with van der Waals surface area (Å²) in [4.78, 5) is 15.9. The van der Waals surface area contributed by atoms with Gasteiger partial charge in [0.25, 0.3) is 10.0 Å². The van der Waals surface area contributed by atoms with E-state index in [2.05, 4.69) is 15.0 Å². The number of amides is 1. The number of hydrogen-bond acceptors (Lipinski definition) is 6. The van der Waals surface area contributed by atoms with Crippen molar-refractivity contribution in [1.29, 1.82) is 0 Å². The van der Waals surface area contributed by atoms with E-state index in [9.17, 15) is 13.2 Å². The van der Waals surface area contributed by atoms with E-state index in [1.807, 2.05) is 0 Å². The summed E-state index contributed by atoms with van der Waals surface area (Å²) in [5.41, 5.74) is 0.658. The number of anilines is 1. The molecule has 0 spiro atoms. The highest BCUT2D eigenvalue weighted by molar-refractivity contribution is 7.89. The number of carbonyl (C=O) groups is 1. The summed E-state index contributed by atoms with van der Waals surface area (Å²) in [6, 6.07) is 2.97. The predicted molar refractivity (Wildman–Crippen MR) is 79.7 cm³/mol. The monoisotopic (exact) mass is 329 g/mol. The van der Waals surface area contributed by atoms with Gasteiger partial charge in [-0.1, -0.05) is 18.3 Å². The average Bonchev–Trinajstić information content (AvgIpc) is 2.95. The van der Waals surface area contributed by atoms with Crippen molar-refractivity contribution in [1.82, 2.24) is 9.71 Å². The van der Waals surface area contributed by atoms with E-state index < -0.39 is 10.0 Å². The summed E-state index contributed by atoms with van der Waals surface area (Å²) in [5, 5.41) is 2.89. The molecule has 7 nitrogen and oxygen atoms in total. The highest BCUT2D eigenvalue weighted by atomic mass is 32.2. The van der Waals surface area contributed by atoms with Crippen LogP contribution in [0, 0.1) is 6.92 Å². The third-order valence-corrected chi connectivity index (χ3v) is 4.99. The molecule has 0 bridgehead atoms. The number of aromatic nitrogens is 1. The van der Waals surface area contributed by atoms with E-state index in [1.54, 1.807) is 19.9 Å². The van der Waals surface area contributed by atoms with E-state index >= 15 is 0 Å². The predicted octanol–water partition coefficient (Wildman–Crippen LogP) is 1.97. The summed E-state index contributed by atoms with van der Waals surface area (Å²) in [7, 11) is -3.62. The van der Waals surface area contributed by atoms with Gasteiger partial charge in [0, 0.05) is 13.5 Å². The Morgan fingerprint density at radius 3 is 2.76 bits per heavy atom. The number of sulfonamides is 1. The van der Waals surface area contributed by atoms with Gasteiger partial charge in [0.05, 0.1) is 10.6 Å². The second kappa shape index (κ2) is 5.96. The molecule has 2 rings (SSSR count). The molecule has 2 aromatic heterocycles. The van der Waals surface area contributed by atoms with E-state index in [4.69, 9.17) is 4.42 Å². The van der Waals surface area contributed by atoms with Crippen LogP contribution in [0.2, 0.25) is 0 Å². The van der Waals surface area contributed by atoms with Gasteiger partial charge in [-0.3, -0.25) is 4.79 Å². The fourth-order valence-electron chi connectivity index (χ4n) is 1.68. The lowest BCUT2D eigenvalue weighted by Gasteiger charge is -1.99. The molecule has 1 amide bonds. The molecule has 2 heterocycles. The smallest absolute Gasteiger partial charge is 0.273 e. The van der Waals surface area contributed by atoms with E-state index in [0.717, 1.165) is 0 Å². The molecule has 0 aliphatic carbocycles. The molecule has 0 aromatic carbocycles. The molecule has 0 fully saturated rings. The van der Waals surface area contributed by atoms with Crippen LogP contribution >= 0.6 is 11.3 Å². The van der Waals surface area contributed by atoms with Crippen molar-refractivity contribution in [2.75, 3.05) is 11.9 Å². The Morgan fingerprint density at radius 2 is 2.14 bits per heavy atom. The number of thiazole rings is 1. The Balaban J connectivity index is 2.34. The van der Waals surface area contributed by atoms with E-state index in [0.29, 0.717) is 21.5 Å². The highest BCUT2D eigenvalue weighted by Gasteiger charge is 2.20. The lowest BCUT2D eigenvalue weighted by Crippen LogP contribution is -2.22. The fourth-order valence-corrected chi connectivity index (χ4v) is 3.62. The standard InChI is InChI=1S/C12H15N3O4S2/c1-4-13-21(17,18)10-6-5-9(19-10)11-7(2)14-12(20-11)15-8(3)16/h5-6,13H,4H2,1-3H3,(H,14,15,16). The Hall–Kier alpha value is -1.71. The maximum Gasteiger partial charge on any atom is 0.273 e. The third-order valence-electron chi connectivity index (χ3n) is 2.48. The van der Waals surface area contributed by atoms with Gasteiger partial charge in [-0.15, -0.1) is 0 Å². The molecule has 21 heavy (non-hydrogen) atoms. The first-order valence-electron chi connectivity index (χ1n) is 6.18. The lowest BCUT2D eigenvalue weighted by molar-refractivity contribution is -0.114. The van der Waals surface area contributed by atoms with Crippen LogP contribution in [-0.2, 0) is 14.8 Å². The van der Waals surface area contributed by atoms with Gasteiger partial charge in [-0.25, -0.2) is 18.1 Å². The Labute approximate surface area is 126 Å². The Bertz CT molecular complexity index is 761. The number of aryl methyl sites for hydroxylation is 1. The molecule has 114 valence electrons. The Kier molecular flexibility index (Phi) is 4.45. The SMILES string of the molecule is CCNS(=O)(=O)c1ccc(-c2sc(NC(C)=O)nc2C)o1. The molecule has 9 heteroatoms. The average molecular weight is 329 g/mol. The molecular formula is C12H15N3O4S2. The number of rotatable bonds is 5. The van der Waals surface area contributed by atoms with Crippen LogP contribution in [0.5, 0.6) is 0 Å². The number of carbonyl (C=O) groups excluding carboxylic acids is 1. The van der Waals surface area contributed by atoms with Crippen molar-refractivity contribution < 1.29 is 17.6 Å². The molecule has 2 N–H and O–H groups in total. The molecule has 0 saturated carbocycles. The molecular weight excluding hydrogens is 314 g/mol. The summed E-state index contributed by atoms with van der Waals surface area (Å²) in [5.74, 6) is 0.184. The first-order valence-corrected chi connectivity index (χ1v) is 8.48. The number of furan rings is 1. The molecule has 0 atom stereocenters. The minimum Gasteiger partial charge on any atom is -0.442 e. The molecule has 2 aromatic rings. The van der Waals surface area contributed by atoms with Gasteiger partial charge in [-0.05, 0) is 19.1 Å². The molecule has 0 radical (unpaired) electrons. The minimum atomic E-state index is -3.62. The number of nitrogens with one attached hydrogen (secondary N) is 2. The van der Waals surface area contributed by atoms with Crippen LogP contribution in [0.3, 0.4) is 0 Å². The van der Waals surface area contributed by atoms with Gasteiger partial charge in [0.2, 0.25) is 11.0 Å². The maximum atomic E-state index is 11.8. The van der Waals surface area contributed by atoms with Crippen LogP contribution in [0.25, 0.3) is 10.6 Å². The Morgan fingerprint density at radius 1 is 1.43 bits per heavy atom. The van der Waals surface area contributed by atoms with Crippen LogP contribution < -0.4 is 10.0 Å². The topological polar surface area (TPSA) is 101 Å². The van der Waals surface area contributed by atoms with Crippen molar-refractivity contribution in [3.05, 3.63) is 17.8 Å². The summed E-state index contributed by atoms with van der Waals surface area (Å²) in [6.45, 7) is 5.13. The minimum absolute atomic E-state index is 0.145. The van der Waals surface area contributed by atoms with Gasteiger partial charge in [0.15, 0.2) is 5.13 Å². The van der Waals surface area contributed by atoms with Gasteiger partial charge in [-0.2, -0.15) is 0 Å². The van der Waals surface area contributed by atoms with Crippen LogP contribution in [0.15, 0.2) is 21.6 Å². The third kappa shape index (κ3) is 3.49. The normalized spacial score (nSPS) is 11.6. The van der Waals surface area contributed by atoms with Gasteiger partial charge in [0.1, 0.15) is 5.76 Å². The van der Waals surface area contributed by atoms with Crippen molar-refractivity contribution in [2.45, 2.75) is 25.9 Å². The summed E-state index contributed by atoms with van der Waals surface area (Å²) < 4.78 is 31.4. The zero-order valence-corrected chi connectivity index (χ0v) is 13.4. The maximum absolute atomic E-state index is 11.8. The van der Waals surface area contributed by atoms with Gasteiger partial charge < -0.3 is 9.73 Å². The number of nitrogens with zero attached hydrogens (tertiary/aromatic N) is 1. The fraction of sp³-hybridized carbons (Fsp3) is 0.333. The quantitative estimate of drug-likeness (QED) is 0.873. The van der Waals surface area contributed by atoms with Crippen molar-refractivity contribution in [2.24, 2.45) is 0 Å². The largest absolute Gasteiger partial charge is 0.442 e. The van der Waals surface area contributed by atoms with Crippen LogP contribution in [0.1, 0.15) is 19.5 Å². The summed E-state index contributed by atoms with van der Waals surface area (Å²) >= 11 is 1.23. The number of hydrogen-bond donors (Lipinski definition) is 2. The molecule has 0 aliphatic rings. The lowest BCUT2D eigenvalue weighted by atomic mass is 10.3. The van der Waals surface area contributed by atoms with E-state index in [1.165, 1.54) is 24.3 Å². The van der Waals surface area contributed by atoms with Crippen molar-refractivity contribution >= 4 is 32.4 Å². The van der Waals surface area contributed by atoms with Gasteiger partial charge >= 0.3 is 0 Å². The molecule has 0 aliphatic heterocycles. The highest BCUT2D eigenvalue weighted by Crippen LogP contribution is 2.34. The van der Waals surface area contributed by atoms with Crippen LogP contribution in [0.4, 0.5) is 5.13 Å². The zero-order chi connectivity index (χ0) is 15.6. The van der Waals surface area contributed by atoms with Crippen molar-refractivity contribution in [3.8, 4) is 10.6 Å². The summed E-state index contributed by atoms with van der Waals surface area (Å²) in [6.07, 6.45) is 0.